The summed E-state index contributed by atoms with van der Waals surface area (Å²) in [5, 5.41) is 0.566. The molecule has 13 heavy (non-hydrogen) atoms. The number of nitrogens with zero attached hydrogens (tertiary/aromatic N) is 1. The van der Waals surface area contributed by atoms with E-state index in [0.29, 0.717) is 10.6 Å². The fraction of sp³-hybridized carbons (Fsp3) is 0.222. The highest BCUT2D eigenvalue weighted by Crippen LogP contribution is 2.19. The van der Waals surface area contributed by atoms with Crippen molar-refractivity contribution in [2.75, 3.05) is 6.67 Å². The first-order valence-electron chi connectivity index (χ1n) is 3.66. The first kappa shape index (κ1) is 9.90. The molecule has 1 atom stereocenters. The van der Waals surface area contributed by atoms with E-state index in [1.54, 1.807) is 24.3 Å². The number of alkyl halides is 1. The zero-order chi connectivity index (χ0) is 9.68. The van der Waals surface area contributed by atoms with Crippen molar-refractivity contribution in [2.24, 2.45) is 4.99 Å². The van der Waals surface area contributed by atoms with Crippen LogP contribution in [0.2, 0.25) is 5.02 Å². The van der Waals surface area contributed by atoms with E-state index in [2.05, 4.69) is 4.99 Å². The average Bonchev–Trinajstić information content (AvgIpc) is 2.16. The zero-order valence-electron chi connectivity index (χ0n) is 6.71. The van der Waals surface area contributed by atoms with Crippen LogP contribution in [0, 0.1) is 0 Å². The van der Waals surface area contributed by atoms with Gasteiger partial charge in [0.25, 0.3) is 0 Å². The number of isocyanates is 1. The summed E-state index contributed by atoms with van der Waals surface area (Å²) in [7, 11) is 0. The minimum Gasteiger partial charge on any atom is -0.248 e. The predicted octanol–water partition coefficient (Wildman–Crippen LogP) is 2.69. The van der Waals surface area contributed by atoms with Crippen LogP contribution >= 0.6 is 11.6 Å². The molecule has 68 valence electrons. The Morgan fingerprint density at radius 1 is 1.46 bits per heavy atom. The third-order valence-electron chi connectivity index (χ3n) is 1.61. The number of benzene rings is 1. The van der Waals surface area contributed by atoms with Gasteiger partial charge in [0.15, 0.2) is 0 Å². The number of aliphatic imine (C=N–C) groups is 1. The number of hydrogen-bond acceptors (Lipinski definition) is 2. The van der Waals surface area contributed by atoms with Gasteiger partial charge in [-0.1, -0.05) is 23.7 Å². The highest BCUT2D eigenvalue weighted by atomic mass is 35.5. The largest absolute Gasteiger partial charge is 0.248 e. The van der Waals surface area contributed by atoms with E-state index < -0.39 is 12.7 Å². The number of halogens is 2. The highest BCUT2D eigenvalue weighted by Gasteiger charge is 2.08. The second-order valence-corrected chi connectivity index (χ2v) is 2.88. The van der Waals surface area contributed by atoms with Crippen LogP contribution in [0.3, 0.4) is 0 Å². The van der Waals surface area contributed by atoms with E-state index >= 15 is 0 Å². The lowest BCUT2D eigenvalue weighted by Gasteiger charge is -2.05. The van der Waals surface area contributed by atoms with Crippen LogP contribution in [0.1, 0.15) is 11.6 Å². The molecule has 4 heteroatoms. The first-order chi connectivity index (χ1) is 6.27. The topological polar surface area (TPSA) is 29.4 Å². The summed E-state index contributed by atoms with van der Waals surface area (Å²) < 4.78 is 12.3. The second-order valence-electron chi connectivity index (χ2n) is 2.44. The molecule has 0 aromatic heterocycles. The van der Waals surface area contributed by atoms with Crippen molar-refractivity contribution in [1.29, 1.82) is 0 Å². The van der Waals surface area contributed by atoms with Gasteiger partial charge >= 0.3 is 0 Å². The Balaban J connectivity index is 2.91. The fourth-order valence-corrected chi connectivity index (χ4v) is 1.07. The summed E-state index contributed by atoms with van der Waals surface area (Å²) in [5.74, 6) is 0. The van der Waals surface area contributed by atoms with E-state index in [1.807, 2.05) is 0 Å². The van der Waals surface area contributed by atoms with Gasteiger partial charge in [-0.15, -0.1) is 0 Å². The molecule has 0 fully saturated rings. The van der Waals surface area contributed by atoms with Gasteiger partial charge in [-0.2, -0.15) is 4.99 Å². The Kier molecular flexibility index (Phi) is 3.62. The maximum atomic E-state index is 12.3. The molecule has 2 nitrogen and oxygen atoms in total. The molecular formula is C9H7ClFNO. The average molecular weight is 200 g/mol. The Hall–Kier alpha value is -1.18. The van der Waals surface area contributed by atoms with Gasteiger partial charge in [0.05, 0.1) is 0 Å². The van der Waals surface area contributed by atoms with Crippen LogP contribution in [-0.2, 0) is 4.79 Å². The highest BCUT2D eigenvalue weighted by molar-refractivity contribution is 6.30. The van der Waals surface area contributed by atoms with Crippen LogP contribution in [0.15, 0.2) is 29.3 Å². The van der Waals surface area contributed by atoms with Crippen molar-refractivity contribution in [3.05, 3.63) is 34.9 Å². The molecule has 1 aromatic carbocycles. The van der Waals surface area contributed by atoms with Crippen molar-refractivity contribution in [3.63, 3.8) is 0 Å². The third-order valence-corrected chi connectivity index (χ3v) is 1.86. The van der Waals surface area contributed by atoms with E-state index in [-0.39, 0.29) is 0 Å². The Bertz CT molecular complexity index is 319. The first-order valence-corrected chi connectivity index (χ1v) is 4.04. The third kappa shape index (κ3) is 2.65. The lowest BCUT2D eigenvalue weighted by Crippen LogP contribution is -1.96. The molecule has 0 N–H and O–H groups in total. The van der Waals surface area contributed by atoms with Gasteiger partial charge in [0.1, 0.15) is 12.7 Å². The molecule has 0 amide bonds. The van der Waals surface area contributed by atoms with Gasteiger partial charge in [-0.3, -0.25) is 0 Å². The molecule has 1 rings (SSSR count). The maximum Gasteiger partial charge on any atom is 0.235 e. The summed E-state index contributed by atoms with van der Waals surface area (Å²) in [4.78, 5) is 13.2. The van der Waals surface area contributed by atoms with E-state index in [1.165, 1.54) is 6.08 Å². The quantitative estimate of drug-likeness (QED) is 0.544. The van der Waals surface area contributed by atoms with Crippen LogP contribution in [-0.4, -0.2) is 12.8 Å². The van der Waals surface area contributed by atoms with Crippen molar-refractivity contribution in [2.45, 2.75) is 6.04 Å². The standard InChI is InChI=1S/C9H7ClFNO/c10-8-3-1-7(2-4-8)9(5-11)12-6-13/h1-4,9H,5H2. The van der Waals surface area contributed by atoms with E-state index in [4.69, 9.17) is 11.6 Å². The molecule has 0 spiro atoms. The van der Waals surface area contributed by atoms with Crippen molar-refractivity contribution < 1.29 is 9.18 Å². The van der Waals surface area contributed by atoms with Gasteiger partial charge < -0.3 is 0 Å². The molecule has 0 aliphatic carbocycles. The number of hydrogen-bond donors (Lipinski definition) is 0. The molecule has 1 aromatic rings. The molecule has 0 saturated carbocycles. The minimum atomic E-state index is -0.755. The van der Waals surface area contributed by atoms with Gasteiger partial charge in [0.2, 0.25) is 6.08 Å². The summed E-state index contributed by atoms with van der Waals surface area (Å²) >= 11 is 5.63. The Morgan fingerprint density at radius 3 is 2.54 bits per heavy atom. The second kappa shape index (κ2) is 4.75. The van der Waals surface area contributed by atoms with Gasteiger partial charge in [0, 0.05) is 5.02 Å². The lowest BCUT2D eigenvalue weighted by molar-refractivity contribution is 0.436. The van der Waals surface area contributed by atoms with Gasteiger partial charge in [-0.05, 0) is 17.7 Å². The molecule has 0 aliphatic rings. The Morgan fingerprint density at radius 2 is 2.08 bits per heavy atom. The molecule has 0 aliphatic heterocycles. The molecule has 0 heterocycles. The smallest absolute Gasteiger partial charge is 0.235 e. The minimum absolute atomic E-state index is 0.566. The van der Waals surface area contributed by atoms with Crippen LogP contribution < -0.4 is 0 Å². The predicted molar refractivity (Wildman–Crippen MR) is 48.3 cm³/mol. The molecule has 0 radical (unpaired) electrons. The summed E-state index contributed by atoms with van der Waals surface area (Å²) in [5.41, 5.74) is 0.621. The molecule has 0 bridgehead atoms. The number of rotatable bonds is 3. The van der Waals surface area contributed by atoms with Crippen LogP contribution in [0.5, 0.6) is 0 Å². The Labute approximate surface area is 80.1 Å². The SMILES string of the molecule is O=C=NC(CF)c1ccc(Cl)cc1. The maximum absolute atomic E-state index is 12.3. The summed E-state index contributed by atoms with van der Waals surface area (Å²) in [6, 6.07) is 5.76. The van der Waals surface area contributed by atoms with Crippen molar-refractivity contribution >= 4 is 17.7 Å². The summed E-state index contributed by atoms with van der Waals surface area (Å²) in [6.45, 7) is -0.711. The van der Waals surface area contributed by atoms with E-state index in [0.717, 1.165) is 0 Å². The normalized spacial score (nSPS) is 11.8. The van der Waals surface area contributed by atoms with Crippen LogP contribution in [0.25, 0.3) is 0 Å². The monoisotopic (exact) mass is 199 g/mol. The van der Waals surface area contributed by atoms with Crippen molar-refractivity contribution in [3.8, 4) is 0 Å². The molecular weight excluding hydrogens is 193 g/mol. The lowest BCUT2D eigenvalue weighted by atomic mass is 10.1. The molecule has 1 unspecified atom stereocenters. The van der Waals surface area contributed by atoms with Gasteiger partial charge in [-0.25, -0.2) is 9.18 Å². The fourth-order valence-electron chi connectivity index (χ4n) is 0.947. The molecule has 0 saturated heterocycles. The van der Waals surface area contributed by atoms with Crippen LogP contribution in [0.4, 0.5) is 4.39 Å². The zero-order valence-corrected chi connectivity index (χ0v) is 7.46. The number of carbonyl (C=O) groups excluding carboxylic acids is 1. The summed E-state index contributed by atoms with van der Waals surface area (Å²) in [6.07, 6.45) is 1.33. The van der Waals surface area contributed by atoms with Crippen molar-refractivity contribution in [1.82, 2.24) is 0 Å². The van der Waals surface area contributed by atoms with E-state index in [9.17, 15) is 9.18 Å².